The normalized spacial score (nSPS) is 13.9. The fourth-order valence-electron chi connectivity index (χ4n) is 1.50. The average Bonchev–Trinajstić information content (AvgIpc) is 2.31. The predicted octanol–water partition coefficient (Wildman–Crippen LogP) is 1.39. The van der Waals surface area contributed by atoms with Crippen LogP contribution in [0.25, 0.3) is 0 Å². The zero-order valence-electron chi connectivity index (χ0n) is 10.7. The van der Waals surface area contributed by atoms with Gasteiger partial charge in [0, 0.05) is 12.3 Å². The summed E-state index contributed by atoms with van der Waals surface area (Å²) in [7, 11) is 0. The fraction of sp³-hybridized carbons (Fsp3) is 0.417. The fourth-order valence-corrected chi connectivity index (χ4v) is 2.23. The van der Waals surface area contributed by atoms with Crippen molar-refractivity contribution in [1.82, 2.24) is 5.32 Å². The number of hydrogen-bond acceptors (Lipinski definition) is 4. The van der Waals surface area contributed by atoms with E-state index in [0.29, 0.717) is 5.75 Å². The van der Waals surface area contributed by atoms with E-state index in [0.717, 1.165) is 12.1 Å². The van der Waals surface area contributed by atoms with Crippen molar-refractivity contribution in [2.45, 2.75) is 12.5 Å². The highest BCUT2D eigenvalue weighted by molar-refractivity contribution is 7.98. The highest BCUT2D eigenvalue weighted by Gasteiger charge is 2.22. The predicted molar refractivity (Wildman–Crippen MR) is 72.1 cm³/mol. The van der Waals surface area contributed by atoms with Crippen molar-refractivity contribution in [3.05, 3.63) is 29.3 Å². The zero-order chi connectivity index (χ0) is 14.6. The number of nitrogens with two attached hydrogens (primary N) is 1. The maximum atomic E-state index is 13.6. The van der Waals surface area contributed by atoms with Gasteiger partial charge in [0.1, 0.15) is 5.82 Å². The van der Waals surface area contributed by atoms with Crippen molar-refractivity contribution < 1.29 is 18.7 Å². The number of amides is 1. The molecule has 0 aliphatic rings. The van der Waals surface area contributed by atoms with Gasteiger partial charge in [0.15, 0.2) is 5.82 Å². The zero-order valence-corrected chi connectivity index (χ0v) is 11.5. The van der Waals surface area contributed by atoms with Crippen LogP contribution in [0.5, 0.6) is 0 Å². The molecule has 1 aromatic carbocycles. The second-order valence-electron chi connectivity index (χ2n) is 4.47. The number of carbonyl (C=O) groups is 1. The Hall–Kier alpha value is -1.34. The standard InChI is InChI=1S/C12H16F2N2O2S/c1-12(18,6-19-2)5-16-11(17)8-3-7(13)4-9(15)10(8)14/h3-4,18H,5-6,15H2,1-2H3,(H,16,17). The highest BCUT2D eigenvalue weighted by Crippen LogP contribution is 2.17. The molecule has 0 bridgehead atoms. The summed E-state index contributed by atoms with van der Waals surface area (Å²) in [5.74, 6) is -2.17. The van der Waals surface area contributed by atoms with Crippen molar-refractivity contribution in [2.75, 3.05) is 24.3 Å². The molecule has 1 aromatic rings. The first kappa shape index (κ1) is 15.7. The van der Waals surface area contributed by atoms with Gasteiger partial charge in [0.25, 0.3) is 5.91 Å². The molecule has 0 saturated carbocycles. The van der Waals surface area contributed by atoms with Crippen molar-refractivity contribution >= 4 is 23.4 Å². The molecule has 0 aliphatic carbocycles. The van der Waals surface area contributed by atoms with Crippen LogP contribution in [0, 0.1) is 11.6 Å². The van der Waals surface area contributed by atoms with E-state index in [1.165, 1.54) is 11.8 Å². The van der Waals surface area contributed by atoms with E-state index in [4.69, 9.17) is 5.73 Å². The topological polar surface area (TPSA) is 75.3 Å². The molecule has 0 fully saturated rings. The van der Waals surface area contributed by atoms with Crippen LogP contribution in [0.4, 0.5) is 14.5 Å². The number of nitrogen functional groups attached to an aromatic ring is 1. The van der Waals surface area contributed by atoms with Gasteiger partial charge in [0.2, 0.25) is 0 Å². The first-order chi connectivity index (χ1) is 8.76. The number of carbonyl (C=O) groups excluding carboxylic acids is 1. The summed E-state index contributed by atoms with van der Waals surface area (Å²) in [6.07, 6.45) is 1.81. The smallest absolute Gasteiger partial charge is 0.254 e. The molecule has 4 N–H and O–H groups in total. The van der Waals surface area contributed by atoms with Gasteiger partial charge in [-0.25, -0.2) is 8.78 Å². The van der Waals surface area contributed by atoms with E-state index >= 15 is 0 Å². The Bertz CT molecular complexity index is 481. The van der Waals surface area contributed by atoms with E-state index in [1.54, 1.807) is 6.92 Å². The number of benzene rings is 1. The lowest BCUT2D eigenvalue weighted by molar-refractivity contribution is 0.0722. The Morgan fingerprint density at radius 3 is 2.74 bits per heavy atom. The number of anilines is 1. The second kappa shape index (κ2) is 6.21. The third-order valence-electron chi connectivity index (χ3n) is 2.40. The molecule has 1 atom stereocenters. The molecule has 1 unspecified atom stereocenters. The maximum Gasteiger partial charge on any atom is 0.254 e. The lowest BCUT2D eigenvalue weighted by Crippen LogP contribution is -2.42. The van der Waals surface area contributed by atoms with Crippen LogP contribution in [0.15, 0.2) is 12.1 Å². The van der Waals surface area contributed by atoms with Crippen molar-refractivity contribution in [1.29, 1.82) is 0 Å². The Kier molecular flexibility index (Phi) is 5.13. The SMILES string of the molecule is CSCC(C)(O)CNC(=O)c1cc(F)cc(N)c1F. The lowest BCUT2D eigenvalue weighted by atomic mass is 10.1. The van der Waals surface area contributed by atoms with Gasteiger partial charge in [-0.2, -0.15) is 11.8 Å². The number of aliphatic hydroxyl groups is 1. The van der Waals surface area contributed by atoms with Gasteiger partial charge in [-0.3, -0.25) is 4.79 Å². The van der Waals surface area contributed by atoms with Crippen LogP contribution in [0.1, 0.15) is 17.3 Å². The number of rotatable bonds is 5. The van der Waals surface area contributed by atoms with Gasteiger partial charge >= 0.3 is 0 Å². The number of hydrogen-bond donors (Lipinski definition) is 3. The molecule has 4 nitrogen and oxygen atoms in total. The molecule has 0 aliphatic heterocycles. The summed E-state index contributed by atoms with van der Waals surface area (Å²) in [6, 6.07) is 1.57. The molecule has 1 amide bonds. The lowest BCUT2D eigenvalue weighted by Gasteiger charge is -2.22. The van der Waals surface area contributed by atoms with E-state index in [2.05, 4.69) is 5.32 Å². The van der Waals surface area contributed by atoms with Crippen LogP contribution in [0.3, 0.4) is 0 Å². The summed E-state index contributed by atoms with van der Waals surface area (Å²) in [4.78, 5) is 11.7. The molecular weight excluding hydrogens is 274 g/mol. The van der Waals surface area contributed by atoms with Crippen LogP contribution in [-0.2, 0) is 0 Å². The molecule has 106 valence electrons. The molecule has 19 heavy (non-hydrogen) atoms. The molecule has 0 saturated heterocycles. The van der Waals surface area contributed by atoms with E-state index < -0.39 is 34.4 Å². The number of thioether (sulfide) groups is 1. The van der Waals surface area contributed by atoms with Crippen molar-refractivity contribution in [2.24, 2.45) is 0 Å². The van der Waals surface area contributed by atoms with E-state index in [-0.39, 0.29) is 6.54 Å². The van der Waals surface area contributed by atoms with Gasteiger partial charge in [-0.15, -0.1) is 0 Å². The maximum absolute atomic E-state index is 13.6. The van der Waals surface area contributed by atoms with Gasteiger partial charge in [0.05, 0.1) is 16.9 Å². The van der Waals surface area contributed by atoms with E-state index in [1.807, 2.05) is 6.26 Å². The summed E-state index contributed by atoms with van der Waals surface area (Å²) in [5.41, 5.74) is 3.22. The van der Waals surface area contributed by atoms with Gasteiger partial charge in [-0.1, -0.05) is 0 Å². The minimum Gasteiger partial charge on any atom is -0.396 e. The van der Waals surface area contributed by atoms with Crippen LogP contribution < -0.4 is 11.1 Å². The molecule has 0 spiro atoms. The summed E-state index contributed by atoms with van der Waals surface area (Å²) < 4.78 is 26.7. The molecule has 0 radical (unpaired) electrons. The Morgan fingerprint density at radius 2 is 2.16 bits per heavy atom. The van der Waals surface area contributed by atoms with Crippen LogP contribution in [-0.4, -0.2) is 35.2 Å². The summed E-state index contributed by atoms with van der Waals surface area (Å²) in [6.45, 7) is 1.47. The number of halogens is 2. The van der Waals surface area contributed by atoms with Gasteiger partial charge in [-0.05, 0) is 25.3 Å². The summed E-state index contributed by atoms with van der Waals surface area (Å²) in [5, 5.41) is 12.2. The monoisotopic (exact) mass is 290 g/mol. The first-order valence-electron chi connectivity index (χ1n) is 5.51. The van der Waals surface area contributed by atoms with Crippen molar-refractivity contribution in [3.8, 4) is 0 Å². The minimum absolute atomic E-state index is 0.0669. The average molecular weight is 290 g/mol. The van der Waals surface area contributed by atoms with Crippen molar-refractivity contribution in [3.63, 3.8) is 0 Å². The third kappa shape index (κ3) is 4.36. The minimum atomic E-state index is -1.12. The molecular formula is C12H16F2N2O2S. The Labute approximate surface area is 114 Å². The molecule has 7 heteroatoms. The first-order valence-corrected chi connectivity index (χ1v) is 6.90. The van der Waals surface area contributed by atoms with E-state index in [9.17, 15) is 18.7 Å². The van der Waals surface area contributed by atoms with Gasteiger partial charge < -0.3 is 16.2 Å². The quantitative estimate of drug-likeness (QED) is 0.716. The second-order valence-corrected chi connectivity index (χ2v) is 5.34. The number of nitrogens with one attached hydrogen (secondary N) is 1. The molecule has 0 heterocycles. The van der Waals surface area contributed by atoms with Crippen LogP contribution >= 0.6 is 11.8 Å². The molecule has 0 aromatic heterocycles. The largest absolute Gasteiger partial charge is 0.396 e. The Morgan fingerprint density at radius 1 is 1.53 bits per heavy atom. The third-order valence-corrected chi connectivity index (χ3v) is 3.31. The van der Waals surface area contributed by atoms with Crippen LogP contribution in [0.2, 0.25) is 0 Å². The molecule has 1 rings (SSSR count). The Balaban J connectivity index is 2.80. The highest BCUT2D eigenvalue weighted by atomic mass is 32.2. The summed E-state index contributed by atoms with van der Waals surface area (Å²) >= 11 is 1.41.